The van der Waals surface area contributed by atoms with E-state index in [-0.39, 0.29) is 23.6 Å². The van der Waals surface area contributed by atoms with Crippen molar-refractivity contribution in [3.8, 4) is 0 Å². The second-order valence-electron chi connectivity index (χ2n) is 6.34. The third-order valence-corrected chi connectivity index (χ3v) is 4.60. The van der Waals surface area contributed by atoms with Crippen LogP contribution in [0.5, 0.6) is 0 Å². The number of aromatic nitrogens is 1. The lowest BCUT2D eigenvalue weighted by Crippen LogP contribution is -2.42. The summed E-state index contributed by atoms with van der Waals surface area (Å²) in [6, 6.07) is 6.13. The lowest BCUT2D eigenvalue weighted by Gasteiger charge is -2.33. The molecule has 1 N–H and O–H groups in total. The first kappa shape index (κ1) is 17.4. The Hall–Kier alpha value is -2.47. The number of nitrogens with zero attached hydrogens (tertiary/aromatic N) is 1. The van der Waals surface area contributed by atoms with Gasteiger partial charge in [-0.2, -0.15) is 0 Å². The molecule has 0 saturated carbocycles. The number of nitrogens with one attached hydrogen (secondary N) is 1. The van der Waals surface area contributed by atoms with Crippen LogP contribution in [0.2, 0.25) is 0 Å². The molecule has 1 atom stereocenters. The Labute approximate surface area is 145 Å². The Bertz CT molecular complexity index is 811. The molecule has 1 saturated heterocycles. The van der Waals surface area contributed by atoms with Crippen LogP contribution < -0.4 is 0 Å². The molecular weight excluding hydrogens is 323 g/mol. The maximum absolute atomic E-state index is 13.1. The van der Waals surface area contributed by atoms with Gasteiger partial charge < -0.3 is 14.6 Å². The number of amides is 1. The summed E-state index contributed by atoms with van der Waals surface area (Å²) in [5.74, 6) is -0.511. The van der Waals surface area contributed by atoms with Crippen molar-refractivity contribution in [1.29, 1.82) is 0 Å². The Balaban J connectivity index is 1.83. The molecule has 0 bridgehead atoms. The minimum absolute atomic E-state index is 0.0918. The average Bonchev–Trinajstić information content (AvgIpc) is 2.90. The van der Waals surface area contributed by atoms with Crippen molar-refractivity contribution in [3.05, 3.63) is 58.2 Å². The van der Waals surface area contributed by atoms with E-state index in [9.17, 15) is 14.0 Å². The third-order valence-electron chi connectivity index (χ3n) is 4.60. The van der Waals surface area contributed by atoms with E-state index in [0.29, 0.717) is 42.2 Å². The average molecular weight is 344 g/mol. The van der Waals surface area contributed by atoms with Crippen molar-refractivity contribution < 1.29 is 18.7 Å². The van der Waals surface area contributed by atoms with Crippen LogP contribution in [0.1, 0.15) is 50.7 Å². The summed E-state index contributed by atoms with van der Waals surface area (Å²) >= 11 is 0. The first-order valence-electron chi connectivity index (χ1n) is 8.25. The van der Waals surface area contributed by atoms with Gasteiger partial charge in [0.2, 0.25) is 0 Å². The van der Waals surface area contributed by atoms with Crippen LogP contribution in [0.3, 0.4) is 0 Å². The molecule has 2 aromatic rings. The molecule has 1 aliphatic rings. The fourth-order valence-electron chi connectivity index (χ4n) is 3.29. The summed E-state index contributed by atoms with van der Waals surface area (Å²) in [5, 5.41) is 0. The number of ether oxygens (including phenoxy) is 1. The van der Waals surface area contributed by atoms with Crippen LogP contribution in [-0.2, 0) is 4.74 Å². The van der Waals surface area contributed by atoms with Crippen molar-refractivity contribution in [2.24, 2.45) is 0 Å². The normalized spacial score (nSPS) is 17.6. The first-order chi connectivity index (χ1) is 11.9. The highest BCUT2D eigenvalue weighted by molar-refractivity contribution is 6.02. The van der Waals surface area contributed by atoms with Crippen molar-refractivity contribution >= 4 is 11.7 Å². The van der Waals surface area contributed by atoms with Crippen LogP contribution in [-0.4, -0.2) is 41.3 Å². The van der Waals surface area contributed by atoms with E-state index in [1.54, 1.807) is 30.9 Å². The van der Waals surface area contributed by atoms with Gasteiger partial charge in [0.25, 0.3) is 5.91 Å². The molecule has 0 spiro atoms. The number of halogens is 1. The predicted octanol–water partition coefficient (Wildman–Crippen LogP) is 3.19. The molecule has 1 fully saturated rings. The van der Waals surface area contributed by atoms with Gasteiger partial charge in [0.1, 0.15) is 11.9 Å². The zero-order valence-electron chi connectivity index (χ0n) is 14.6. The molecule has 0 radical (unpaired) electrons. The Morgan fingerprint density at radius 2 is 1.92 bits per heavy atom. The van der Waals surface area contributed by atoms with E-state index in [0.717, 1.165) is 5.56 Å². The largest absolute Gasteiger partial charge is 0.370 e. The van der Waals surface area contributed by atoms with E-state index < -0.39 is 0 Å². The van der Waals surface area contributed by atoms with Crippen molar-refractivity contribution in [1.82, 2.24) is 9.88 Å². The molecular formula is C19H21FN2O3. The van der Waals surface area contributed by atoms with E-state index >= 15 is 0 Å². The zero-order valence-corrected chi connectivity index (χ0v) is 14.6. The fraction of sp³-hybridized carbons (Fsp3) is 0.368. The molecule has 1 amide bonds. The SMILES string of the molecule is CC(=O)c1[nH]c(C)c(C(=O)N2CCO[C@H](c3ccc(F)cc3)C2)c1C. The summed E-state index contributed by atoms with van der Waals surface area (Å²) < 4.78 is 18.8. The number of aryl methyl sites for hydroxylation is 1. The Kier molecular flexibility index (Phi) is 4.72. The molecule has 3 rings (SSSR count). The number of Topliss-reactive ketones (excluding diaryl/α,β-unsaturated/α-hetero) is 1. The molecule has 0 unspecified atom stereocenters. The molecule has 25 heavy (non-hydrogen) atoms. The van der Waals surface area contributed by atoms with Gasteiger partial charge in [-0.25, -0.2) is 4.39 Å². The molecule has 2 heterocycles. The molecule has 1 aromatic carbocycles. The molecule has 6 heteroatoms. The van der Waals surface area contributed by atoms with Gasteiger partial charge in [0, 0.05) is 19.2 Å². The van der Waals surface area contributed by atoms with Gasteiger partial charge in [-0.3, -0.25) is 9.59 Å². The number of hydrogen-bond acceptors (Lipinski definition) is 3. The van der Waals surface area contributed by atoms with Gasteiger partial charge >= 0.3 is 0 Å². The number of aromatic amines is 1. The number of carbonyl (C=O) groups excluding carboxylic acids is 2. The number of rotatable bonds is 3. The topological polar surface area (TPSA) is 62.4 Å². The van der Waals surface area contributed by atoms with E-state index in [1.807, 2.05) is 0 Å². The number of hydrogen-bond donors (Lipinski definition) is 1. The maximum atomic E-state index is 13.1. The smallest absolute Gasteiger partial charge is 0.256 e. The number of morpholine rings is 1. The van der Waals surface area contributed by atoms with Crippen molar-refractivity contribution in [2.75, 3.05) is 19.7 Å². The minimum atomic E-state index is -0.303. The highest BCUT2D eigenvalue weighted by Gasteiger charge is 2.29. The first-order valence-corrected chi connectivity index (χ1v) is 8.25. The quantitative estimate of drug-likeness (QED) is 0.870. The fourth-order valence-corrected chi connectivity index (χ4v) is 3.29. The van der Waals surface area contributed by atoms with Gasteiger partial charge in [0.15, 0.2) is 5.78 Å². The number of ketones is 1. The van der Waals surface area contributed by atoms with E-state index in [2.05, 4.69) is 4.98 Å². The van der Waals surface area contributed by atoms with Crippen LogP contribution in [0.15, 0.2) is 24.3 Å². The number of benzene rings is 1. The van der Waals surface area contributed by atoms with Gasteiger partial charge in [-0.05, 0) is 37.1 Å². The molecule has 1 aromatic heterocycles. The molecule has 0 aliphatic carbocycles. The van der Waals surface area contributed by atoms with Crippen molar-refractivity contribution in [2.45, 2.75) is 26.9 Å². The van der Waals surface area contributed by atoms with Crippen LogP contribution >= 0.6 is 0 Å². The standard InChI is InChI=1S/C19H21FN2O3/c1-11-17(12(2)21-18(11)13(3)23)19(24)22-8-9-25-16(10-22)14-4-6-15(20)7-5-14/h4-7,16,21H,8-10H2,1-3H3/t16-/m0/s1. The second kappa shape index (κ2) is 6.80. The van der Waals surface area contributed by atoms with Crippen molar-refractivity contribution in [3.63, 3.8) is 0 Å². The van der Waals surface area contributed by atoms with Crippen LogP contribution in [0, 0.1) is 19.7 Å². The van der Waals surface area contributed by atoms with Gasteiger partial charge in [-0.1, -0.05) is 12.1 Å². The summed E-state index contributed by atoms with van der Waals surface area (Å²) in [5.41, 5.74) is 3.23. The number of carbonyl (C=O) groups is 2. The van der Waals surface area contributed by atoms with E-state index in [1.165, 1.54) is 19.1 Å². The molecule has 132 valence electrons. The minimum Gasteiger partial charge on any atom is -0.370 e. The lowest BCUT2D eigenvalue weighted by molar-refractivity contribution is -0.0228. The zero-order chi connectivity index (χ0) is 18.1. The molecule has 5 nitrogen and oxygen atoms in total. The van der Waals surface area contributed by atoms with Crippen LogP contribution in [0.25, 0.3) is 0 Å². The maximum Gasteiger partial charge on any atom is 0.256 e. The highest BCUT2D eigenvalue weighted by atomic mass is 19.1. The summed E-state index contributed by atoms with van der Waals surface area (Å²) in [4.78, 5) is 29.4. The Morgan fingerprint density at radius 1 is 1.24 bits per heavy atom. The van der Waals surface area contributed by atoms with Gasteiger partial charge in [0.05, 0.1) is 24.4 Å². The summed E-state index contributed by atoms with van der Waals surface area (Å²) in [7, 11) is 0. The molecule has 1 aliphatic heterocycles. The monoisotopic (exact) mass is 344 g/mol. The lowest BCUT2D eigenvalue weighted by atomic mass is 10.0. The van der Waals surface area contributed by atoms with Gasteiger partial charge in [-0.15, -0.1) is 0 Å². The second-order valence-corrected chi connectivity index (χ2v) is 6.34. The van der Waals surface area contributed by atoms with E-state index in [4.69, 9.17) is 4.74 Å². The van der Waals surface area contributed by atoms with Crippen LogP contribution in [0.4, 0.5) is 4.39 Å². The highest BCUT2D eigenvalue weighted by Crippen LogP contribution is 2.26. The predicted molar refractivity (Wildman–Crippen MR) is 91.3 cm³/mol. The summed E-state index contributed by atoms with van der Waals surface area (Å²) in [6.07, 6.45) is -0.287. The number of H-pyrrole nitrogens is 1. The summed E-state index contributed by atoms with van der Waals surface area (Å²) in [6.45, 7) is 6.34. The third kappa shape index (κ3) is 3.35. The Morgan fingerprint density at radius 3 is 2.52 bits per heavy atom.